The van der Waals surface area contributed by atoms with Crippen LogP contribution >= 0.6 is 12.6 Å². The zero-order valence-electron chi connectivity index (χ0n) is 26.5. The molecule has 0 saturated heterocycles. The number of ether oxygens (including phenoxy) is 2. The Morgan fingerprint density at radius 3 is 1.84 bits per heavy atom. The molecule has 0 aliphatic carbocycles. The van der Waals surface area contributed by atoms with Crippen LogP contribution < -0.4 is 10.6 Å². The number of alkyl carbamates (subject to hydrolysis) is 1. The Hall–Kier alpha value is -3.53. The molecule has 0 spiro atoms. The van der Waals surface area contributed by atoms with Gasteiger partial charge in [-0.2, -0.15) is 12.6 Å². The molecule has 9 nitrogen and oxygen atoms in total. The standard InChI is InChI=1S/C33H47N3O6S/c1-9-22(2)36(29(38)26(21-43)35-31(40)42-33(6,7)8)27(24-18-14-11-15-19-24)28(37)34-25(30(39)41-32(3,4)5)20-23-16-12-10-13-17-23/h10-19,22,25-27,43H,9,20-21H2,1-8H3,(H,34,37)(H,35,40). The number of thiol groups is 1. The van der Waals surface area contributed by atoms with Crippen LogP contribution in [-0.2, 0) is 30.3 Å². The van der Waals surface area contributed by atoms with Crippen molar-refractivity contribution in [3.8, 4) is 0 Å². The van der Waals surface area contributed by atoms with Gasteiger partial charge in [0.15, 0.2) is 0 Å². The Labute approximate surface area is 261 Å². The van der Waals surface area contributed by atoms with Gasteiger partial charge in [-0.1, -0.05) is 67.6 Å². The number of carbonyl (C=O) groups excluding carboxylic acids is 4. The topological polar surface area (TPSA) is 114 Å². The Kier molecular flexibility index (Phi) is 13.1. The fraction of sp³-hybridized carbons (Fsp3) is 0.515. The molecule has 0 aromatic heterocycles. The highest BCUT2D eigenvalue weighted by molar-refractivity contribution is 7.80. The summed E-state index contributed by atoms with van der Waals surface area (Å²) in [5, 5.41) is 5.50. The second kappa shape index (κ2) is 15.8. The maximum Gasteiger partial charge on any atom is 0.408 e. The molecule has 0 aliphatic rings. The minimum atomic E-state index is -1.12. The molecule has 0 radical (unpaired) electrons. The van der Waals surface area contributed by atoms with Gasteiger partial charge in [0.2, 0.25) is 11.8 Å². The van der Waals surface area contributed by atoms with Gasteiger partial charge >= 0.3 is 12.1 Å². The van der Waals surface area contributed by atoms with E-state index in [0.29, 0.717) is 12.0 Å². The van der Waals surface area contributed by atoms with Crippen molar-refractivity contribution in [3.05, 3.63) is 71.8 Å². The van der Waals surface area contributed by atoms with E-state index in [4.69, 9.17) is 9.47 Å². The number of rotatable bonds is 12. The van der Waals surface area contributed by atoms with Crippen molar-refractivity contribution >= 4 is 36.5 Å². The maximum atomic E-state index is 14.3. The molecule has 2 rings (SSSR count). The van der Waals surface area contributed by atoms with E-state index in [-0.39, 0.29) is 12.2 Å². The number of esters is 1. The number of carbonyl (C=O) groups is 4. The monoisotopic (exact) mass is 613 g/mol. The first-order valence-corrected chi connectivity index (χ1v) is 15.2. The fourth-order valence-corrected chi connectivity index (χ4v) is 4.60. The van der Waals surface area contributed by atoms with Crippen LogP contribution in [0.1, 0.15) is 79.0 Å². The third-order valence-electron chi connectivity index (χ3n) is 6.42. The second-order valence-corrected chi connectivity index (χ2v) is 12.8. The predicted molar refractivity (Wildman–Crippen MR) is 171 cm³/mol. The van der Waals surface area contributed by atoms with Crippen molar-refractivity contribution in [2.75, 3.05) is 5.75 Å². The van der Waals surface area contributed by atoms with Crippen molar-refractivity contribution in [2.24, 2.45) is 0 Å². The lowest BCUT2D eigenvalue weighted by molar-refractivity contribution is -0.159. The molecular weight excluding hydrogens is 566 g/mol. The first kappa shape index (κ1) is 35.7. The third kappa shape index (κ3) is 11.6. The van der Waals surface area contributed by atoms with Gasteiger partial charge in [0.1, 0.15) is 29.3 Å². The SMILES string of the molecule is CCC(C)N(C(=O)C(CS)NC(=O)OC(C)(C)C)C(C(=O)NC(Cc1ccccc1)C(=O)OC(C)(C)C)c1ccccc1. The van der Waals surface area contributed by atoms with Crippen LogP contribution in [0.2, 0.25) is 0 Å². The van der Waals surface area contributed by atoms with Gasteiger partial charge in [-0.3, -0.25) is 9.59 Å². The lowest BCUT2D eigenvalue weighted by Crippen LogP contribution is -2.57. The van der Waals surface area contributed by atoms with Gasteiger partial charge < -0.3 is 25.0 Å². The van der Waals surface area contributed by atoms with Crippen LogP contribution in [0, 0.1) is 0 Å². The molecule has 10 heteroatoms. The highest BCUT2D eigenvalue weighted by atomic mass is 32.1. The molecule has 3 amide bonds. The van der Waals surface area contributed by atoms with Crippen LogP contribution in [0.25, 0.3) is 0 Å². The van der Waals surface area contributed by atoms with E-state index in [0.717, 1.165) is 5.56 Å². The van der Waals surface area contributed by atoms with Gasteiger partial charge in [0.25, 0.3) is 0 Å². The lowest BCUT2D eigenvalue weighted by atomic mass is 9.99. The molecule has 236 valence electrons. The molecule has 0 aliphatic heterocycles. The Morgan fingerprint density at radius 2 is 1.35 bits per heavy atom. The summed E-state index contributed by atoms with van der Waals surface area (Å²) in [5.41, 5.74) is -0.165. The van der Waals surface area contributed by atoms with E-state index < -0.39 is 59.2 Å². The van der Waals surface area contributed by atoms with E-state index >= 15 is 0 Å². The molecule has 0 saturated carbocycles. The van der Waals surface area contributed by atoms with Crippen molar-refractivity contribution in [3.63, 3.8) is 0 Å². The molecule has 0 heterocycles. The first-order valence-electron chi connectivity index (χ1n) is 14.6. The number of amides is 3. The minimum absolute atomic E-state index is 0.0251. The maximum absolute atomic E-state index is 14.3. The number of nitrogens with one attached hydrogen (secondary N) is 2. The summed E-state index contributed by atoms with van der Waals surface area (Å²) >= 11 is 4.34. The van der Waals surface area contributed by atoms with Gasteiger partial charge in [-0.15, -0.1) is 0 Å². The van der Waals surface area contributed by atoms with Crippen molar-refractivity contribution < 1.29 is 28.7 Å². The molecule has 0 fully saturated rings. The van der Waals surface area contributed by atoms with Crippen molar-refractivity contribution in [2.45, 2.75) is 104 Å². The average Bonchev–Trinajstić information content (AvgIpc) is 2.92. The van der Waals surface area contributed by atoms with Crippen LogP contribution in [0.15, 0.2) is 60.7 Å². The smallest absolute Gasteiger partial charge is 0.408 e. The summed E-state index contributed by atoms with van der Waals surface area (Å²) in [7, 11) is 0. The highest BCUT2D eigenvalue weighted by Gasteiger charge is 2.39. The molecule has 2 aromatic carbocycles. The molecule has 43 heavy (non-hydrogen) atoms. The summed E-state index contributed by atoms with van der Waals surface area (Å²) in [6.07, 6.45) is -0.0505. The summed E-state index contributed by atoms with van der Waals surface area (Å²) in [6.45, 7) is 14.2. The molecule has 4 atom stereocenters. The summed E-state index contributed by atoms with van der Waals surface area (Å²) in [6, 6.07) is 14.6. The second-order valence-electron chi connectivity index (χ2n) is 12.5. The third-order valence-corrected chi connectivity index (χ3v) is 6.79. The van der Waals surface area contributed by atoms with E-state index in [9.17, 15) is 19.2 Å². The molecular formula is C33H47N3O6S. The van der Waals surface area contributed by atoms with Crippen LogP contribution in [0.4, 0.5) is 4.79 Å². The Balaban J connectivity index is 2.53. The summed E-state index contributed by atoms with van der Waals surface area (Å²) in [5.74, 6) is -1.67. The zero-order valence-corrected chi connectivity index (χ0v) is 27.4. The van der Waals surface area contributed by atoms with Crippen molar-refractivity contribution in [1.29, 1.82) is 0 Å². The Morgan fingerprint density at radius 1 is 0.814 bits per heavy atom. The minimum Gasteiger partial charge on any atom is -0.458 e. The number of hydrogen-bond acceptors (Lipinski definition) is 7. The normalized spacial score (nSPS) is 14.4. The summed E-state index contributed by atoms with van der Waals surface area (Å²) < 4.78 is 11.0. The van der Waals surface area contributed by atoms with Gasteiger partial charge in [-0.25, -0.2) is 9.59 Å². The molecule has 0 bridgehead atoms. The van der Waals surface area contributed by atoms with E-state index in [1.165, 1.54) is 4.90 Å². The molecule has 2 aromatic rings. The van der Waals surface area contributed by atoms with E-state index in [1.807, 2.05) is 50.2 Å². The quantitative estimate of drug-likeness (QED) is 0.223. The van der Waals surface area contributed by atoms with Crippen LogP contribution in [0.5, 0.6) is 0 Å². The van der Waals surface area contributed by atoms with Crippen LogP contribution in [-0.4, -0.2) is 63.9 Å². The predicted octanol–water partition coefficient (Wildman–Crippen LogP) is 5.25. The van der Waals surface area contributed by atoms with Crippen molar-refractivity contribution in [1.82, 2.24) is 15.5 Å². The van der Waals surface area contributed by atoms with E-state index in [1.54, 1.807) is 65.8 Å². The van der Waals surface area contributed by atoms with Gasteiger partial charge in [0.05, 0.1) is 0 Å². The number of benzene rings is 2. The van der Waals surface area contributed by atoms with E-state index in [2.05, 4.69) is 23.3 Å². The summed E-state index contributed by atoms with van der Waals surface area (Å²) in [4.78, 5) is 55.8. The largest absolute Gasteiger partial charge is 0.458 e. The van der Waals surface area contributed by atoms with Gasteiger partial charge in [-0.05, 0) is 66.0 Å². The molecule has 4 unspecified atom stereocenters. The average molecular weight is 614 g/mol. The number of hydrogen-bond donors (Lipinski definition) is 3. The lowest BCUT2D eigenvalue weighted by Gasteiger charge is -2.38. The Bertz CT molecular complexity index is 1210. The number of nitrogens with zero attached hydrogens (tertiary/aromatic N) is 1. The first-order chi connectivity index (χ1) is 20.1. The highest BCUT2D eigenvalue weighted by Crippen LogP contribution is 2.27. The fourth-order valence-electron chi connectivity index (χ4n) is 4.35. The van der Waals surface area contributed by atoms with Gasteiger partial charge in [0, 0.05) is 18.2 Å². The van der Waals surface area contributed by atoms with Crippen LogP contribution in [0.3, 0.4) is 0 Å². The zero-order chi connectivity index (χ0) is 32.4. The molecule has 2 N–H and O–H groups in total.